The normalized spacial score (nSPS) is 13.3. The second-order valence-electron chi connectivity index (χ2n) is 9.09. The van der Waals surface area contributed by atoms with Crippen molar-refractivity contribution in [2.24, 2.45) is 0 Å². The molecular formula is C26H36ClN3O4S. The Morgan fingerprint density at radius 2 is 1.60 bits per heavy atom. The van der Waals surface area contributed by atoms with E-state index >= 15 is 0 Å². The van der Waals surface area contributed by atoms with E-state index in [-0.39, 0.29) is 24.4 Å². The molecule has 0 spiro atoms. The van der Waals surface area contributed by atoms with Gasteiger partial charge in [-0.15, -0.1) is 0 Å². The number of para-hydroxylation sites is 1. The van der Waals surface area contributed by atoms with Gasteiger partial charge >= 0.3 is 0 Å². The van der Waals surface area contributed by atoms with Crippen LogP contribution in [0.25, 0.3) is 0 Å². The summed E-state index contributed by atoms with van der Waals surface area (Å²) in [6, 6.07) is 13.3. The summed E-state index contributed by atoms with van der Waals surface area (Å²) in [5, 5.41) is 3.37. The number of hydrogen-bond donors (Lipinski definition) is 1. The van der Waals surface area contributed by atoms with Gasteiger partial charge in [-0.25, -0.2) is 8.42 Å². The fourth-order valence-electron chi connectivity index (χ4n) is 3.66. The van der Waals surface area contributed by atoms with E-state index in [2.05, 4.69) is 5.32 Å². The highest BCUT2D eigenvalue weighted by atomic mass is 35.5. The fourth-order valence-corrected chi connectivity index (χ4v) is 4.72. The van der Waals surface area contributed by atoms with E-state index in [9.17, 15) is 18.0 Å². The van der Waals surface area contributed by atoms with Crippen molar-refractivity contribution in [2.45, 2.75) is 65.6 Å². The number of sulfonamides is 1. The maximum Gasteiger partial charge on any atom is 0.244 e. The van der Waals surface area contributed by atoms with Crippen molar-refractivity contribution in [3.05, 3.63) is 64.7 Å². The van der Waals surface area contributed by atoms with E-state index in [4.69, 9.17) is 11.6 Å². The molecule has 0 aromatic heterocycles. The average Bonchev–Trinajstić information content (AvgIpc) is 2.80. The van der Waals surface area contributed by atoms with Crippen LogP contribution in [0.15, 0.2) is 48.5 Å². The van der Waals surface area contributed by atoms with Crippen molar-refractivity contribution >= 4 is 39.1 Å². The molecule has 0 radical (unpaired) electrons. The molecule has 1 N–H and O–H groups in total. The molecule has 0 saturated carbocycles. The standard InChI is InChI=1S/C26H36ClN3O4S/c1-7-19(4)28-26(32)20(5)29(16-21-12-8-10-14-23(21)27)25(31)17-30(35(6,33)34)24-15-11-9-13-22(24)18(2)3/h8-15,18-20H,7,16-17H2,1-6H3,(H,28,32)/t19-,20+/m1/s1. The van der Waals surface area contributed by atoms with Crippen LogP contribution in [0.1, 0.15) is 58.1 Å². The van der Waals surface area contributed by atoms with Crippen molar-refractivity contribution in [2.75, 3.05) is 17.1 Å². The molecular weight excluding hydrogens is 486 g/mol. The first-order valence-electron chi connectivity index (χ1n) is 11.8. The summed E-state index contributed by atoms with van der Waals surface area (Å²) < 4.78 is 26.8. The van der Waals surface area contributed by atoms with Crippen molar-refractivity contribution in [1.82, 2.24) is 10.2 Å². The molecule has 2 amide bonds. The molecule has 9 heteroatoms. The third-order valence-corrected chi connectivity index (χ3v) is 7.47. The number of benzene rings is 2. The topological polar surface area (TPSA) is 86.8 Å². The van der Waals surface area contributed by atoms with E-state index in [0.717, 1.165) is 22.5 Å². The van der Waals surface area contributed by atoms with Crippen LogP contribution in [-0.4, -0.2) is 50.0 Å². The lowest BCUT2D eigenvalue weighted by molar-refractivity contribution is -0.139. The molecule has 0 heterocycles. The Balaban J connectivity index is 2.47. The van der Waals surface area contributed by atoms with Gasteiger partial charge < -0.3 is 10.2 Å². The van der Waals surface area contributed by atoms with E-state index in [1.54, 1.807) is 43.3 Å². The Hall–Kier alpha value is -2.58. The lowest BCUT2D eigenvalue weighted by atomic mass is 10.0. The third-order valence-electron chi connectivity index (χ3n) is 5.97. The first kappa shape index (κ1) is 28.7. The van der Waals surface area contributed by atoms with Gasteiger partial charge in [0.15, 0.2) is 0 Å². The Morgan fingerprint density at radius 3 is 2.17 bits per heavy atom. The largest absolute Gasteiger partial charge is 0.352 e. The van der Waals surface area contributed by atoms with Gasteiger partial charge in [-0.2, -0.15) is 0 Å². The van der Waals surface area contributed by atoms with E-state index in [1.807, 2.05) is 39.8 Å². The summed E-state index contributed by atoms with van der Waals surface area (Å²) in [6.45, 7) is 9.04. The maximum absolute atomic E-state index is 13.7. The quantitative estimate of drug-likeness (QED) is 0.469. The predicted molar refractivity (Wildman–Crippen MR) is 142 cm³/mol. The zero-order valence-electron chi connectivity index (χ0n) is 21.3. The second-order valence-corrected chi connectivity index (χ2v) is 11.4. The zero-order chi connectivity index (χ0) is 26.3. The fraction of sp³-hybridized carbons (Fsp3) is 0.462. The predicted octanol–water partition coefficient (Wildman–Crippen LogP) is 4.56. The van der Waals surface area contributed by atoms with Crippen molar-refractivity contribution in [1.29, 1.82) is 0 Å². The molecule has 0 aliphatic rings. The van der Waals surface area contributed by atoms with Crippen molar-refractivity contribution in [3.63, 3.8) is 0 Å². The minimum Gasteiger partial charge on any atom is -0.352 e. The Kier molecular flexibility index (Phi) is 10.2. The van der Waals surface area contributed by atoms with E-state index in [0.29, 0.717) is 16.3 Å². The lowest BCUT2D eigenvalue weighted by Crippen LogP contribution is -2.52. The number of carbonyl (C=O) groups is 2. The molecule has 0 saturated heterocycles. The van der Waals surface area contributed by atoms with Crippen molar-refractivity contribution in [3.8, 4) is 0 Å². The number of nitrogens with one attached hydrogen (secondary N) is 1. The summed E-state index contributed by atoms with van der Waals surface area (Å²) >= 11 is 6.35. The van der Waals surface area contributed by atoms with E-state index in [1.165, 1.54) is 4.90 Å². The number of carbonyl (C=O) groups excluding carboxylic acids is 2. The van der Waals surface area contributed by atoms with Gasteiger partial charge in [-0.05, 0) is 49.4 Å². The average molecular weight is 522 g/mol. The number of anilines is 1. The van der Waals surface area contributed by atoms with Crippen LogP contribution in [-0.2, 0) is 26.2 Å². The monoisotopic (exact) mass is 521 g/mol. The number of amides is 2. The van der Waals surface area contributed by atoms with Crippen LogP contribution in [0.3, 0.4) is 0 Å². The summed E-state index contributed by atoms with van der Waals surface area (Å²) in [5.74, 6) is -0.765. The van der Waals surface area contributed by atoms with Crippen LogP contribution in [0, 0.1) is 0 Å². The first-order chi connectivity index (χ1) is 16.4. The molecule has 192 valence electrons. The zero-order valence-corrected chi connectivity index (χ0v) is 22.9. The highest BCUT2D eigenvalue weighted by molar-refractivity contribution is 7.92. The number of nitrogens with zero attached hydrogens (tertiary/aromatic N) is 2. The minimum atomic E-state index is -3.79. The van der Waals surface area contributed by atoms with Crippen molar-refractivity contribution < 1.29 is 18.0 Å². The van der Waals surface area contributed by atoms with Gasteiger partial charge in [0.25, 0.3) is 0 Å². The summed E-state index contributed by atoms with van der Waals surface area (Å²) in [5.41, 5.74) is 1.93. The van der Waals surface area contributed by atoms with Gasteiger partial charge in [0.05, 0.1) is 11.9 Å². The molecule has 2 rings (SSSR count). The molecule has 2 aromatic rings. The van der Waals surface area contributed by atoms with Gasteiger partial charge in [0, 0.05) is 17.6 Å². The Labute approximate surface area is 214 Å². The molecule has 7 nitrogen and oxygen atoms in total. The van der Waals surface area contributed by atoms with Gasteiger partial charge in [-0.3, -0.25) is 13.9 Å². The van der Waals surface area contributed by atoms with Crippen LogP contribution in [0.5, 0.6) is 0 Å². The molecule has 2 atom stereocenters. The van der Waals surface area contributed by atoms with Crippen LogP contribution in [0.4, 0.5) is 5.69 Å². The highest BCUT2D eigenvalue weighted by Crippen LogP contribution is 2.29. The number of halogens is 1. The summed E-state index contributed by atoms with van der Waals surface area (Å²) in [4.78, 5) is 28.0. The maximum atomic E-state index is 13.7. The van der Waals surface area contributed by atoms with Crippen LogP contribution >= 0.6 is 11.6 Å². The molecule has 35 heavy (non-hydrogen) atoms. The molecule has 0 fully saturated rings. The smallest absolute Gasteiger partial charge is 0.244 e. The van der Waals surface area contributed by atoms with Gasteiger partial charge in [-0.1, -0.05) is 68.8 Å². The summed E-state index contributed by atoms with van der Waals surface area (Å²) in [6.07, 6.45) is 1.82. The Bertz CT molecular complexity index is 1140. The molecule has 0 aliphatic heterocycles. The van der Waals surface area contributed by atoms with Crippen LogP contribution in [0.2, 0.25) is 5.02 Å². The van der Waals surface area contributed by atoms with E-state index < -0.39 is 28.5 Å². The lowest BCUT2D eigenvalue weighted by Gasteiger charge is -2.33. The third kappa shape index (κ3) is 7.70. The second kappa shape index (κ2) is 12.4. The number of hydrogen-bond acceptors (Lipinski definition) is 4. The first-order valence-corrected chi connectivity index (χ1v) is 14.0. The summed E-state index contributed by atoms with van der Waals surface area (Å²) in [7, 11) is -3.79. The Morgan fingerprint density at radius 1 is 1.00 bits per heavy atom. The SMILES string of the molecule is CC[C@@H](C)NC(=O)[C@H](C)N(Cc1ccccc1Cl)C(=O)CN(c1ccccc1C(C)C)S(C)(=O)=O. The van der Waals surface area contributed by atoms with Gasteiger partial charge in [0.1, 0.15) is 12.6 Å². The highest BCUT2D eigenvalue weighted by Gasteiger charge is 2.31. The van der Waals surface area contributed by atoms with Gasteiger partial charge in [0.2, 0.25) is 21.8 Å². The van der Waals surface area contributed by atoms with Crippen LogP contribution < -0.4 is 9.62 Å². The molecule has 0 unspecified atom stereocenters. The molecule has 0 aliphatic carbocycles. The minimum absolute atomic E-state index is 0.0463. The molecule has 0 bridgehead atoms. The number of rotatable bonds is 11. The molecule has 2 aromatic carbocycles.